The van der Waals surface area contributed by atoms with Crippen molar-refractivity contribution in [1.82, 2.24) is 4.98 Å². The van der Waals surface area contributed by atoms with Crippen molar-refractivity contribution in [2.24, 2.45) is 0 Å². The summed E-state index contributed by atoms with van der Waals surface area (Å²) in [6.45, 7) is 1.91. The second-order valence-corrected chi connectivity index (χ2v) is 3.62. The molecule has 1 aromatic carbocycles. The zero-order valence-electron chi connectivity index (χ0n) is 9.24. The summed E-state index contributed by atoms with van der Waals surface area (Å²) in [6.07, 6.45) is 3.31. The highest BCUT2D eigenvalue weighted by atomic mass is 19.1. The van der Waals surface area contributed by atoms with Crippen LogP contribution in [-0.4, -0.2) is 4.98 Å². The Bertz CT molecular complexity index is 587. The highest BCUT2D eigenvalue weighted by molar-refractivity contribution is 5.63. The van der Waals surface area contributed by atoms with Crippen molar-refractivity contribution in [3.05, 3.63) is 53.6 Å². The first-order valence-electron chi connectivity index (χ1n) is 5.08. The topological polar surface area (TPSA) is 48.7 Å². The zero-order valence-corrected chi connectivity index (χ0v) is 9.24. The molecule has 0 bridgehead atoms. The molecule has 0 aliphatic rings. The van der Waals surface area contributed by atoms with Crippen LogP contribution in [0.15, 0.2) is 36.7 Å². The molecule has 84 valence electrons. The van der Waals surface area contributed by atoms with E-state index in [4.69, 9.17) is 5.26 Å². The van der Waals surface area contributed by atoms with Gasteiger partial charge in [0.05, 0.1) is 29.2 Å². The minimum absolute atomic E-state index is 0.302. The molecule has 1 aromatic heterocycles. The molecule has 0 atom stereocenters. The standard InChI is InChI=1S/C13H10FN3/c1-9-4-5-16-8-13(9)17-12-3-2-10(7-15)6-11(12)14/h2-6,8,17H,1H3. The van der Waals surface area contributed by atoms with E-state index in [2.05, 4.69) is 10.3 Å². The molecule has 1 heterocycles. The predicted molar refractivity (Wildman–Crippen MR) is 63.4 cm³/mol. The molecular weight excluding hydrogens is 217 g/mol. The highest BCUT2D eigenvalue weighted by Gasteiger charge is 2.05. The molecule has 17 heavy (non-hydrogen) atoms. The zero-order chi connectivity index (χ0) is 12.3. The van der Waals surface area contributed by atoms with Crippen LogP contribution in [0.4, 0.5) is 15.8 Å². The molecule has 0 saturated carbocycles. The Kier molecular flexibility index (Phi) is 3.01. The quantitative estimate of drug-likeness (QED) is 0.857. The van der Waals surface area contributed by atoms with E-state index < -0.39 is 5.82 Å². The maximum absolute atomic E-state index is 13.6. The monoisotopic (exact) mass is 227 g/mol. The number of aromatic nitrogens is 1. The normalized spacial score (nSPS) is 9.71. The molecule has 0 amide bonds. The summed E-state index contributed by atoms with van der Waals surface area (Å²) in [4.78, 5) is 3.97. The molecule has 0 unspecified atom stereocenters. The number of benzene rings is 1. The van der Waals surface area contributed by atoms with Gasteiger partial charge in [-0.1, -0.05) is 0 Å². The van der Waals surface area contributed by atoms with Crippen LogP contribution in [0, 0.1) is 24.1 Å². The van der Waals surface area contributed by atoms with Gasteiger partial charge in [0, 0.05) is 6.20 Å². The fourth-order valence-corrected chi connectivity index (χ4v) is 1.43. The number of nitrogens with one attached hydrogen (secondary N) is 1. The van der Waals surface area contributed by atoms with E-state index in [1.807, 2.05) is 19.1 Å². The molecule has 4 heteroatoms. The van der Waals surface area contributed by atoms with Gasteiger partial charge in [-0.15, -0.1) is 0 Å². The maximum Gasteiger partial charge on any atom is 0.147 e. The van der Waals surface area contributed by atoms with Crippen LogP contribution in [0.2, 0.25) is 0 Å². The second-order valence-electron chi connectivity index (χ2n) is 3.62. The van der Waals surface area contributed by atoms with E-state index in [9.17, 15) is 4.39 Å². The molecule has 0 saturated heterocycles. The predicted octanol–water partition coefficient (Wildman–Crippen LogP) is 3.14. The fraction of sp³-hybridized carbons (Fsp3) is 0.0769. The summed E-state index contributed by atoms with van der Waals surface area (Å²) in [5.41, 5.74) is 2.36. The molecule has 1 N–H and O–H groups in total. The van der Waals surface area contributed by atoms with Crippen molar-refractivity contribution in [2.75, 3.05) is 5.32 Å². The first-order valence-corrected chi connectivity index (χ1v) is 5.08. The number of aryl methyl sites for hydroxylation is 1. The average molecular weight is 227 g/mol. The molecule has 0 radical (unpaired) electrons. The van der Waals surface area contributed by atoms with Crippen LogP contribution in [0.3, 0.4) is 0 Å². The van der Waals surface area contributed by atoms with Gasteiger partial charge >= 0.3 is 0 Å². The lowest BCUT2D eigenvalue weighted by Crippen LogP contribution is -1.96. The minimum atomic E-state index is -0.452. The minimum Gasteiger partial charge on any atom is -0.352 e. The number of hydrogen-bond acceptors (Lipinski definition) is 3. The van der Waals surface area contributed by atoms with Crippen molar-refractivity contribution in [3.8, 4) is 6.07 Å². The summed E-state index contributed by atoms with van der Waals surface area (Å²) >= 11 is 0. The van der Waals surface area contributed by atoms with Crippen LogP contribution in [0.1, 0.15) is 11.1 Å². The number of halogens is 1. The largest absolute Gasteiger partial charge is 0.352 e. The van der Waals surface area contributed by atoms with E-state index in [1.165, 1.54) is 6.07 Å². The van der Waals surface area contributed by atoms with Gasteiger partial charge in [0.2, 0.25) is 0 Å². The van der Waals surface area contributed by atoms with Crippen molar-refractivity contribution in [3.63, 3.8) is 0 Å². The van der Waals surface area contributed by atoms with Gasteiger partial charge in [-0.2, -0.15) is 5.26 Å². The Balaban J connectivity index is 2.32. The van der Waals surface area contributed by atoms with Crippen molar-refractivity contribution in [1.29, 1.82) is 5.26 Å². The first-order chi connectivity index (χ1) is 8.20. The third-order valence-corrected chi connectivity index (χ3v) is 2.41. The molecule has 0 aliphatic heterocycles. The van der Waals surface area contributed by atoms with Crippen molar-refractivity contribution in [2.45, 2.75) is 6.92 Å². The number of anilines is 2. The lowest BCUT2D eigenvalue weighted by atomic mass is 10.2. The summed E-state index contributed by atoms with van der Waals surface area (Å²) in [6, 6.07) is 8.04. The van der Waals surface area contributed by atoms with Crippen LogP contribution in [0.5, 0.6) is 0 Å². The van der Waals surface area contributed by atoms with Gasteiger partial charge in [-0.05, 0) is 36.8 Å². The molecule has 0 fully saturated rings. The maximum atomic E-state index is 13.6. The third-order valence-electron chi connectivity index (χ3n) is 2.41. The fourth-order valence-electron chi connectivity index (χ4n) is 1.43. The average Bonchev–Trinajstić information content (AvgIpc) is 2.34. The molecule has 2 rings (SSSR count). The van der Waals surface area contributed by atoms with Crippen LogP contribution < -0.4 is 5.32 Å². The Morgan fingerprint density at radius 3 is 2.76 bits per heavy atom. The summed E-state index contributed by atoms with van der Waals surface area (Å²) in [5, 5.41) is 11.6. The Morgan fingerprint density at radius 2 is 2.12 bits per heavy atom. The number of nitrogens with zero attached hydrogens (tertiary/aromatic N) is 2. The van der Waals surface area contributed by atoms with Crippen LogP contribution in [0.25, 0.3) is 0 Å². The number of nitriles is 1. The smallest absolute Gasteiger partial charge is 0.147 e. The summed E-state index contributed by atoms with van der Waals surface area (Å²) in [5.74, 6) is -0.452. The Hall–Kier alpha value is -2.41. The van der Waals surface area contributed by atoms with E-state index in [0.29, 0.717) is 11.3 Å². The van der Waals surface area contributed by atoms with E-state index >= 15 is 0 Å². The van der Waals surface area contributed by atoms with Gasteiger partial charge in [-0.25, -0.2) is 4.39 Å². The van der Waals surface area contributed by atoms with Crippen molar-refractivity contribution < 1.29 is 4.39 Å². The van der Waals surface area contributed by atoms with Gasteiger partial charge in [0.1, 0.15) is 5.82 Å². The molecule has 2 aromatic rings. The lowest BCUT2D eigenvalue weighted by molar-refractivity contribution is 0.631. The number of pyridine rings is 1. The lowest BCUT2D eigenvalue weighted by Gasteiger charge is -2.09. The number of rotatable bonds is 2. The van der Waals surface area contributed by atoms with E-state index in [0.717, 1.165) is 11.3 Å². The van der Waals surface area contributed by atoms with Gasteiger partial charge in [0.25, 0.3) is 0 Å². The van der Waals surface area contributed by atoms with E-state index in [1.54, 1.807) is 24.5 Å². The van der Waals surface area contributed by atoms with Gasteiger partial charge in [0.15, 0.2) is 0 Å². The second kappa shape index (κ2) is 4.62. The van der Waals surface area contributed by atoms with Crippen LogP contribution >= 0.6 is 0 Å². The summed E-state index contributed by atoms with van der Waals surface area (Å²) in [7, 11) is 0. The Labute approximate surface area is 98.5 Å². The molecule has 0 aliphatic carbocycles. The summed E-state index contributed by atoms with van der Waals surface area (Å²) < 4.78 is 13.6. The SMILES string of the molecule is Cc1ccncc1Nc1ccc(C#N)cc1F. The Morgan fingerprint density at radius 1 is 1.29 bits per heavy atom. The van der Waals surface area contributed by atoms with Crippen LogP contribution in [-0.2, 0) is 0 Å². The molecule has 0 spiro atoms. The van der Waals surface area contributed by atoms with E-state index in [-0.39, 0.29) is 0 Å². The molecular formula is C13H10FN3. The van der Waals surface area contributed by atoms with Crippen molar-refractivity contribution >= 4 is 11.4 Å². The first kappa shape index (κ1) is 11.1. The highest BCUT2D eigenvalue weighted by Crippen LogP contribution is 2.22. The number of hydrogen-bond donors (Lipinski definition) is 1. The third kappa shape index (κ3) is 2.40. The molecule has 3 nitrogen and oxygen atoms in total. The van der Waals surface area contributed by atoms with Gasteiger partial charge in [-0.3, -0.25) is 4.98 Å². The van der Waals surface area contributed by atoms with Gasteiger partial charge < -0.3 is 5.32 Å².